The summed E-state index contributed by atoms with van der Waals surface area (Å²) in [6, 6.07) is 0. The number of aliphatic carboxylic acids is 1. The molecule has 0 rings (SSSR count). The van der Waals surface area contributed by atoms with E-state index >= 15 is 0 Å². The van der Waals surface area contributed by atoms with Gasteiger partial charge in [-0.1, -0.05) is 0 Å². The molecule has 1 atom stereocenters. The number of nitrogens with one attached hydrogen (secondary N) is 1. The second-order valence-corrected chi connectivity index (χ2v) is 2.55. The van der Waals surface area contributed by atoms with Gasteiger partial charge >= 0.3 is 5.97 Å². The molecule has 1 amide bonds. The Balaban J connectivity index is 3.40. The van der Waals surface area contributed by atoms with Crippen LogP contribution in [0.2, 0.25) is 0 Å². The second kappa shape index (κ2) is 5.54. The van der Waals surface area contributed by atoms with Gasteiger partial charge in [0.05, 0.1) is 12.5 Å². The van der Waals surface area contributed by atoms with E-state index in [4.69, 9.17) is 10.2 Å². The topological polar surface area (TPSA) is 86.6 Å². The van der Waals surface area contributed by atoms with Crippen LogP contribution in [0.1, 0.15) is 19.8 Å². The Morgan fingerprint density at radius 3 is 2.42 bits per heavy atom. The molecule has 0 aromatic carbocycles. The zero-order valence-corrected chi connectivity index (χ0v) is 6.91. The summed E-state index contributed by atoms with van der Waals surface area (Å²) in [4.78, 5) is 20.8. The maximum Gasteiger partial charge on any atom is 0.303 e. The van der Waals surface area contributed by atoms with Crippen molar-refractivity contribution in [1.82, 2.24) is 5.32 Å². The zero-order chi connectivity index (χ0) is 9.56. The van der Waals surface area contributed by atoms with Crippen molar-refractivity contribution < 1.29 is 19.8 Å². The average molecular weight is 175 g/mol. The van der Waals surface area contributed by atoms with E-state index in [9.17, 15) is 9.59 Å². The average Bonchev–Trinajstić information content (AvgIpc) is 1.96. The molecule has 0 heterocycles. The Morgan fingerprint density at radius 2 is 2.00 bits per heavy atom. The highest BCUT2D eigenvalue weighted by molar-refractivity contribution is 5.80. The van der Waals surface area contributed by atoms with E-state index in [1.54, 1.807) is 0 Å². The minimum absolute atomic E-state index is 0.0396. The molecule has 5 nitrogen and oxygen atoms in total. The van der Waals surface area contributed by atoms with Crippen LogP contribution in [-0.4, -0.2) is 34.7 Å². The van der Waals surface area contributed by atoms with Crippen LogP contribution < -0.4 is 5.32 Å². The summed E-state index contributed by atoms with van der Waals surface area (Å²) in [6.45, 7) is 1.70. The molecule has 0 aliphatic carbocycles. The molecule has 0 aromatic heterocycles. The highest BCUT2D eigenvalue weighted by atomic mass is 16.4. The fourth-order valence-electron chi connectivity index (χ4n) is 0.570. The Morgan fingerprint density at radius 1 is 1.42 bits per heavy atom. The standard InChI is InChI=1S/C7H13NO4/c1-5(9)4-8-6(10)2-3-7(11)12/h5,9H,2-4H2,1H3,(H,8,10)(H,11,12)/t5-/m1/s1. The number of amides is 1. The van der Waals surface area contributed by atoms with Crippen molar-refractivity contribution >= 4 is 11.9 Å². The quantitative estimate of drug-likeness (QED) is 0.518. The summed E-state index contributed by atoms with van der Waals surface area (Å²) in [5.41, 5.74) is 0. The van der Waals surface area contributed by atoms with Crippen molar-refractivity contribution in [3.63, 3.8) is 0 Å². The minimum Gasteiger partial charge on any atom is -0.481 e. The van der Waals surface area contributed by atoms with Gasteiger partial charge in [0.1, 0.15) is 0 Å². The molecule has 0 fully saturated rings. The molecule has 0 spiro atoms. The van der Waals surface area contributed by atoms with Crippen molar-refractivity contribution in [2.75, 3.05) is 6.54 Å². The van der Waals surface area contributed by atoms with Gasteiger partial charge in [0.15, 0.2) is 0 Å². The first-order chi connectivity index (χ1) is 5.52. The van der Waals surface area contributed by atoms with Crippen molar-refractivity contribution in [3.05, 3.63) is 0 Å². The predicted octanol–water partition coefficient (Wildman–Crippen LogP) is -0.652. The summed E-state index contributed by atoms with van der Waals surface area (Å²) in [6.07, 6.45) is -0.813. The maximum atomic E-state index is 10.8. The molecular weight excluding hydrogens is 162 g/mol. The SMILES string of the molecule is C[C@@H](O)CNC(=O)CCC(=O)O. The number of aliphatic hydroxyl groups excluding tert-OH is 1. The van der Waals surface area contributed by atoms with Crippen molar-refractivity contribution in [3.8, 4) is 0 Å². The first-order valence-corrected chi connectivity index (χ1v) is 3.69. The van der Waals surface area contributed by atoms with Crippen LogP contribution in [0, 0.1) is 0 Å². The normalized spacial score (nSPS) is 12.2. The summed E-state index contributed by atoms with van der Waals surface area (Å²) in [7, 11) is 0. The van der Waals surface area contributed by atoms with E-state index < -0.39 is 12.1 Å². The van der Waals surface area contributed by atoms with Gasteiger partial charge < -0.3 is 15.5 Å². The molecule has 0 aliphatic heterocycles. The Labute approximate surface area is 70.4 Å². The highest BCUT2D eigenvalue weighted by Gasteiger charge is 2.05. The summed E-state index contributed by atoms with van der Waals surface area (Å²) >= 11 is 0. The van der Waals surface area contributed by atoms with Crippen LogP contribution in [0.25, 0.3) is 0 Å². The summed E-state index contributed by atoms with van der Waals surface area (Å²) in [5.74, 6) is -1.35. The highest BCUT2D eigenvalue weighted by Crippen LogP contribution is 1.88. The number of hydrogen-bond acceptors (Lipinski definition) is 3. The predicted molar refractivity (Wildman–Crippen MR) is 41.6 cm³/mol. The molecule has 0 unspecified atom stereocenters. The Hall–Kier alpha value is -1.10. The van der Waals surface area contributed by atoms with Gasteiger partial charge in [-0.3, -0.25) is 9.59 Å². The van der Waals surface area contributed by atoms with Crippen LogP contribution in [0.4, 0.5) is 0 Å². The molecule has 0 saturated heterocycles. The molecule has 3 N–H and O–H groups in total. The first kappa shape index (κ1) is 10.9. The van der Waals surface area contributed by atoms with Crippen LogP contribution in [0.5, 0.6) is 0 Å². The van der Waals surface area contributed by atoms with Gasteiger partial charge in [-0.25, -0.2) is 0 Å². The molecule has 0 radical (unpaired) electrons. The molecule has 0 saturated carbocycles. The number of carboxylic acids is 1. The summed E-state index contributed by atoms with van der Waals surface area (Å²) < 4.78 is 0. The number of carbonyl (C=O) groups excluding carboxylic acids is 1. The molecule has 70 valence electrons. The minimum atomic E-state index is -0.998. The monoisotopic (exact) mass is 175 g/mol. The number of aliphatic hydroxyl groups is 1. The van der Waals surface area contributed by atoms with Crippen molar-refractivity contribution in [2.24, 2.45) is 0 Å². The Kier molecular flexibility index (Phi) is 5.03. The lowest BCUT2D eigenvalue weighted by Crippen LogP contribution is -2.30. The maximum absolute atomic E-state index is 10.8. The van der Waals surface area contributed by atoms with Crippen molar-refractivity contribution in [2.45, 2.75) is 25.9 Å². The van der Waals surface area contributed by atoms with Gasteiger partial charge in [-0.2, -0.15) is 0 Å². The molecular formula is C7H13NO4. The molecule has 0 aromatic rings. The largest absolute Gasteiger partial charge is 0.481 e. The van der Waals surface area contributed by atoms with Gasteiger partial charge in [-0.05, 0) is 6.92 Å². The van der Waals surface area contributed by atoms with E-state index in [-0.39, 0.29) is 25.3 Å². The third-order valence-electron chi connectivity index (χ3n) is 1.16. The molecule has 0 bridgehead atoms. The second-order valence-electron chi connectivity index (χ2n) is 2.55. The van der Waals surface area contributed by atoms with Gasteiger partial charge in [0, 0.05) is 13.0 Å². The molecule has 5 heteroatoms. The zero-order valence-electron chi connectivity index (χ0n) is 6.91. The molecule has 12 heavy (non-hydrogen) atoms. The van der Waals surface area contributed by atoms with E-state index in [2.05, 4.69) is 5.32 Å². The van der Waals surface area contributed by atoms with Crippen LogP contribution in [0.15, 0.2) is 0 Å². The van der Waals surface area contributed by atoms with Gasteiger partial charge in [0.25, 0.3) is 0 Å². The third kappa shape index (κ3) is 7.01. The summed E-state index contributed by atoms with van der Waals surface area (Å²) in [5, 5.41) is 19.3. The fraction of sp³-hybridized carbons (Fsp3) is 0.714. The lowest BCUT2D eigenvalue weighted by atomic mass is 10.3. The lowest BCUT2D eigenvalue weighted by molar-refractivity contribution is -0.138. The molecule has 0 aliphatic rings. The van der Waals surface area contributed by atoms with Gasteiger partial charge in [-0.15, -0.1) is 0 Å². The van der Waals surface area contributed by atoms with Gasteiger partial charge in [0.2, 0.25) is 5.91 Å². The first-order valence-electron chi connectivity index (χ1n) is 3.69. The van der Waals surface area contributed by atoms with Crippen LogP contribution in [0.3, 0.4) is 0 Å². The number of carboxylic acid groups (broad SMARTS) is 1. The smallest absolute Gasteiger partial charge is 0.303 e. The van der Waals surface area contributed by atoms with E-state index in [0.29, 0.717) is 0 Å². The lowest BCUT2D eigenvalue weighted by Gasteiger charge is -2.05. The number of carbonyl (C=O) groups is 2. The third-order valence-corrected chi connectivity index (χ3v) is 1.16. The van der Waals surface area contributed by atoms with Crippen LogP contribution in [-0.2, 0) is 9.59 Å². The number of hydrogen-bond donors (Lipinski definition) is 3. The van der Waals surface area contributed by atoms with Crippen molar-refractivity contribution in [1.29, 1.82) is 0 Å². The fourth-order valence-corrected chi connectivity index (χ4v) is 0.570. The van der Waals surface area contributed by atoms with Crippen LogP contribution >= 0.6 is 0 Å². The Bertz CT molecular complexity index is 167. The number of rotatable bonds is 5. The van der Waals surface area contributed by atoms with E-state index in [0.717, 1.165) is 0 Å². The van der Waals surface area contributed by atoms with E-state index in [1.165, 1.54) is 6.92 Å². The van der Waals surface area contributed by atoms with E-state index in [1.807, 2.05) is 0 Å².